The topological polar surface area (TPSA) is 0 Å². The van der Waals surface area contributed by atoms with E-state index in [2.05, 4.69) is 47.3 Å². The second-order valence-electron chi connectivity index (χ2n) is 3.69. The van der Waals surface area contributed by atoms with Crippen LogP contribution in [0.2, 0.25) is 0 Å². The maximum absolute atomic E-state index is 3.80. The molecule has 0 heteroatoms. The Labute approximate surface area is 76.7 Å². The summed E-state index contributed by atoms with van der Waals surface area (Å²) < 4.78 is 0. The Kier molecular flexibility index (Phi) is 4.65. The van der Waals surface area contributed by atoms with Crippen LogP contribution in [0.3, 0.4) is 0 Å². The molecule has 0 aliphatic carbocycles. The van der Waals surface area contributed by atoms with Gasteiger partial charge < -0.3 is 0 Å². The average molecular weight is 164 g/mol. The maximum atomic E-state index is 3.80. The monoisotopic (exact) mass is 164 g/mol. The van der Waals surface area contributed by atoms with Gasteiger partial charge in [-0.05, 0) is 32.3 Å². The third-order valence-corrected chi connectivity index (χ3v) is 2.07. The molecule has 0 fully saturated rings. The molecule has 68 valence electrons. The fourth-order valence-corrected chi connectivity index (χ4v) is 0.856. The summed E-state index contributed by atoms with van der Waals surface area (Å²) in [5.74, 6) is 0.566. The molecule has 0 aromatic carbocycles. The van der Waals surface area contributed by atoms with Crippen molar-refractivity contribution in [3.63, 3.8) is 0 Å². The third-order valence-electron chi connectivity index (χ3n) is 2.07. The van der Waals surface area contributed by atoms with Crippen LogP contribution in [-0.4, -0.2) is 0 Å². The molecule has 0 rings (SSSR count). The Morgan fingerprint density at radius 2 is 1.67 bits per heavy atom. The molecule has 0 N–H and O–H groups in total. The first-order chi connectivity index (χ1) is 5.49. The summed E-state index contributed by atoms with van der Waals surface area (Å²) >= 11 is 0. The minimum Gasteiger partial charge on any atom is -0.0988 e. The highest BCUT2D eigenvalue weighted by Gasteiger charge is 1.98. The molecular formula is C12H20. The van der Waals surface area contributed by atoms with Gasteiger partial charge >= 0.3 is 0 Å². The summed E-state index contributed by atoms with van der Waals surface area (Å²) in [6, 6.07) is 0. The summed E-state index contributed by atoms with van der Waals surface area (Å²) in [4.78, 5) is 0. The first kappa shape index (κ1) is 11.2. The van der Waals surface area contributed by atoms with Crippen LogP contribution in [0.4, 0.5) is 0 Å². The lowest BCUT2D eigenvalue weighted by Gasteiger charge is -2.06. The van der Waals surface area contributed by atoms with Crippen molar-refractivity contribution in [1.82, 2.24) is 0 Å². The van der Waals surface area contributed by atoms with E-state index in [1.165, 1.54) is 16.7 Å². The van der Waals surface area contributed by atoms with Crippen molar-refractivity contribution in [2.45, 2.75) is 34.6 Å². The highest BCUT2D eigenvalue weighted by Crippen LogP contribution is 2.14. The zero-order valence-electron chi connectivity index (χ0n) is 8.94. The van der Waals surface area contributed by atoms with Crippen LogP contribution in [0.15, 0.2) is 35.5 Å². The molecular weight excluding hydrogens is 144 g/mol. The molecule has 0 aromatic heterocycles. The van der Waals surface area contributed by atoms with Gasteiger partial charge in [0.15, 0.2) is 0 Å². The lowest BCUT2D eigenvalue weighted by Crippen LogP contribution is -1.90. The third kappa shape index (κ3) is 3.56. The summed E-state index contributed by atoms with van der Waals surface area (Å²) in [5.41, 5.74) is 4.03. The maximum Gasteiger partial charge on any atom is -0.0219 e. The second kappa shape index (κ2) is 4.97. The first-order valence-corrected chi connectivity index (χ1v) is 4.47. The van der Waals surface area contributed by atoms with Gasteiger partial charge in [-0.25, -0.2) is 0 Å². The summed E-state index contributed by atoms with van der Waals surface area (Å²) in [6.45, 7) is 14.6. The van der Waals surface area contributed by atoms with Gasteiger partial charge in [-0.2, -0.15) is 0 Å². The Bertz CT molecular complexity index is 210. The van der Waals surface area contributed by atoms with Crippen molar-refractivity contribution in [2.75, 3.05) is 0 Å². The van der Waals surface area contributed by atoms with Crippen LogP contribution < -0.4 is 0 Å². The molecule has 0 saturated heterocycles. The average Bonchev–Trinajstić information content (AvgIpc) is 1.98. The Morgan fingerprint density at radius 3 is 1.92 bits per heavy atom. The zero-order chi connectivity index (χ0) is 9.72. The standard InChI is InChI=1S/C12H20/c1-7-12(10(4)5)8-11(6)9(2)3/h7-8,10H,1H2,2-6H3/b12-8+. The molecule has 0 amide bonds. The van der Waals surface area contributed by atoms with Gasteiger partial charge in [-0.1, -0.05) is 43.7 Å². The highest BCUT2D eigenvalue weighted by atomic mass is 14.0. The van der Waals surface area contributed by atoms with E-state index in [4.69, 9.17) is 0 Å². The van der Waals surface area contributed by atoms with E-state index in [0.717, 1.165) is 0 Å². The predicted molar refractivity (Wildman–Crippen MR) is 57.2 cm³/mol. The first-order valence-electron chi connectivity index (χ1n) is 4.47. The minimum absolute atomic E-state index is 0.566. The van der Waals surface area contributed by atoms with E-state index < -0.39 is 0 Å². The van der Waals surface area contributed by atoms with Gasteiger partial charge in [-0.3, -0.25) is 0 Å². The molecule has 0 aliphatic heterocycles. The van der Waals surface area contributed by atoms with E-state index >= 15 is 0 Å². The SMILES string of the molecule is C=C/C(=C\C(C)=C(C)C)C(C)C. The van der Waals surface area contributed by atoms with Crippen molar-refractivity contribution in [3.05, 3.63) is 35.5 Å². The van der Waals surface area contributed by atoms with E-state index in [-0.39, 0.29) is 0 Å². The van der Waals surface area contributed by atoms with Gasteiger partial charge in [0, 0.05) is 0 Å². The van der Waals surface area contributed by atoms with Crippen molar-refractivity contribution in [1.29, 1.82) is 0 Å². The molecule has 0 spiro atoms. The number of rotatable bonds is 3. The minimum atomic E-state index is 0.566. The van der Waals surface area contributed by atoms with Crippen LogP contribution in [0, 0.1) is 5.92 Å². The van der Waals surface area contributed by atoms with Gasteiger partial charge in [0.25, 0.3) is 0 Å². The Balaban J connectivity index is 4.73. The summed E-state index contributed by atoms with van der Waals surface area (Å²) in [6.07, 6.45) is 4.16. The predicted octanol–water partition coefficient (Wildman–Crippen LogP) is 4.11. The molecule has 0 unspecified atom stereocenters. The normalized spacial score (nSPS) is 11.7. The van der Waals surface area contributed by atoms with Crippen molar-refractivity contribution < 1.29 is 0 Å². The van der Waals surface area contributed by atoms with Gasteiger partial charge in [-0.15, -0.1) is 0 Å². The van der Waals surface area contributed by atoms with Crippen LogP contribution in [-0.2, 0) is 0 Å². The number of hydrogen-bond donors (Lipinski definition) is 0. The van der Waals surface area contributed by atoms with Crippen LogP contribution in [0.1, 0.15) is 34.6 Å². The zero-order valence-corrected chi connectivity index (χ0v) is 8.94. The van der Waals surface area contributed by atoms with E-state index in [1.807, 2.05) is 6.08 Å². The lowest BCUT2D eigenvalue weighted by molar-refractivity contribution is 0.790. The van der Waals surface area contributed by atoms with E-state index in [0.29, 0.717) is 5.92 Å². The van der Waals surface area contributed by atoms with Crippen molar-refractivity contribution in [3.8, 4) is 0 Å². The van der Waals surface area contributed by atoms with Crippen molar-refractivity contribution >= 4 is 0 Å². The summed E-state index contributed by atoms with van der Waals surface area (Å²) in [7, 11) is 0. The van der Waals surface area contributed by atoms with Crippen LogP contribution >= 0.6 is 0 Å². The molecule has 0 aromatic rings. The van der Waals surface area contributed by atoms with Gasteiger partial charge in [0.05, 0.1) is 0 Å². The second-order valence-corrected chi connectivity index (χ2v) is 3.69. The molecule has 0 bridgehead atoms. The van der Waals surface area contributed by atoms with Gasteiger partial charge in [0.1, 0.15) is 0 Å². The molecule has 0 saturated carbocycles. The van der Waals surface area contributed by atoms with Crippen molar-refractivity contribution in [2.24, 2.45) is 5.92 Å². The highest BCUT2D eigenvalue weighted by molar-refractivity contribution is 5.31. The quantitative estimate of drug-likeness (QED) is 0.551. The van der Waals surface area contributed by atoms with Crippen LogP contribution in [0.5, 0.6) is 0 Å². The number of allylic oxidation sites excluding steroid dienone is 5. The summed E-state index contributed by atoms with van der Waals surface area (Å²) in [5, 5.41) is 0. The molecule has 0 heterocycles. The van der Waals surface area contributed by atoms with Crippen LogP contribution in [0.25, 0.3) is 0 Å². The molecule has 0 radical (unpaired) electrons. The number of hydrogen-bond acceptors (Lipinski definition) is 0. The Hall–Kier alpha value is -0.780. The Morgan fingerprint density at radius 1 is 1.17 bits per heavy atom. The largest absolute Gasteiger partial charge is 0.0988 e. The molecule has 0 nitrogen and oxygen atoms in total. The fraction of sp³-hybridized carbons (Fsp3) is 0.500. The smallest absolute Gasteiger partial charge is 0.0219 e. The van der Waals surface area contributed by atoms with E-state index in [9.17, 15) is 0 Å². The molecule has 0 atom stereocenters. The van der Waals surface area contributed by atoms with Gasteiger partial charge in [0.2, 0.25) is 0 Å². The molecule has 12 heavy (non-hydrogen) atoms. The fourth-order valence-electron chi connectivity index (χ4n) is 0.856. The lowest BCUT2D eigenvalue weighted by atomic mass is 10.00. The van der Waals surface area contributed by atoms with E-state index in [1.54, 1.807) is 0 Å². The molecule has 0 aliphatic rings.